The van der Waals surface area contributed by atoms with E-state index >= 15 is 0 Å². The lowest BCUT2D eigenvalue weighted by molar-refractivity contribution is 0.663. The van der Waals surface area contributed by atoms with Gasteiger partial charge < -0.3 is 27.8 Å². The van der Waals surface area contributed by atoms with Crippen molar-refractivity contribution in [2.24, 2.45) is 0 Å². The van der Waals surface area contributed by atoms with Crippen LogP contribution in [0, 0.1) is 0 Å². The molecule has 0 fully saturated rings. The van der Waals surface area contributed by atoms with Gasteiger partial charge in [-0.1, -0.05) is 121 Å². The van der Waals surface area contributed by atoms with E-state index in [1.807, 2.05) is 0 Å². The molecule has 342 valence electrons. The summed E-state index contributed by atoms with van der Waals surface area (Å²) in [6.45, 7) is 6.23. The number of furan rings is 2. The van der Waals surface area contributed by atoms with Gasteiger partial charge in [-0.15, -0.1) is 0 Å². The fraction of sp³-hybridized carbons (Fsp3) is 0.0606. The zero-order valence-corrected chi connectivity index (χ0v) is 39.8. The first-order chi connectivity index (χ1) is 35.6. The van der Waals surface area contributed by atoms with Crippen molar-refractivity contribution in [3.8, 4) is 0 Å². The van der Waals surface area contributed by atoms with Crippen LogP contribution in [0.2, 0.25) is 0 Å². The van der Waals surface area contributed by atoms with Crippen LogP contribution >= 0.6 is 0 Å². The topological polar surface area (TPSA) is 42.6 Å². The summed E-state index contributed by atoms with van der Waals surface area (Å²) >= 11 is 0. The van der Waals surface area contributed by atoms with Crippen molar-refractivity contribution in [2.45, 2.75) is 26.9 Å². The van der Waals surface area contributed by atoms with E-state index in [0.717, 1.165) is 113 Å². The molecule has 6 nitrogen and oxygen atoms in total. The molecule has 0 aliphatic carbocycles. The van der Waals surface area contributed by atoms with Crippen LogP contribution in [-0.4, -0.2) is 9.13 Å². The Hall–Kier alpha value is -9.26. The van der Waals surface area contributed by atoms with Gasteiger partial charge in [0.25, 0.3) is 0 Å². The molecule has 4 aromatic heterocycles. The number of hydrogen-bond acceptors (Lipinski definition) is 4. The first kappa shape index (κ1) is 40.6. The maximum absolute atomic E-state index is 7.08. The highest BCUT2D eigenvalue weighted by Gasteiger charge is 2.26. The fourth-order valence-electron chi connectivity index (χ4n) is 12.2. The predicted molar refractivity (Wildman–Crippen MR) is 303 cm³/mol. The highest BCUT2D eigenvalue weighted by Crippen LogP contribution is 2.51. The normalized spacial score (nSPS) is 12.1. The number of hydrogen-bond donors (Lipinski definition) is 0. The van der Waals surface area contributed by atoms with E-state index in [2.05, 4.69) is 251 Å². The summed E-state index contributed by atoms with van der Waals surface area (Å²) in [6.07, 6.45) is 0. The van der Waals surface area contributed by atoms with Crippen molar-refractivity contribution < 1.29 is 8.83 Å². The monoisotopic (exact) mass is 926 g/mol. The van der Waals surface area contributed by atoms with Gasteiger partial charge in [-0.25, -0.2) is 0 Å². The van der Waals surface area contributed by atoms with Crippen molar-refractivity contribution >= 4 is 143 Å². The first-order valence-corrected chi connectivity index (χ1v) is 25.0. The lowest BCUT2D eigenvalue weighted by Gasteiger charge is -2.27. The number of fused-ring (bicyclic) bond motifs is 17. The summed E-state index contributed by atoms with van der Waals surface area (Å²) in [4.78, 5) is 4.78. The maximum Gasteiger partial charge on any atom is 0.138 e. The van der Waals surface area contributed by atoms with Crippen molar-refractivity contribution in [3.05, 3.63) is 218 Å². The summed E-state index contributed by atoms with van der Waals surface area (Å²) < 4.78 is 19.0. The van der Waals surface area contributed by atoms with Crippen molar-refractivity contribution in [1.29, 1.82) is 0 Å². The molecule has 0 aliphatic heterocycles. The second kappa shape index (κ2) is 15.6. The number of para-hydroxylation sites is 4. The van der Waals surface area contributed by atoms with Gasteiger partial charge >= 0.3 is 0 Å². The Morgan fingerprint density at radius 1 is 0.292 bits per heavy atom. The van der Waals surface area contributed by atoms with Crippen molar-refractivity contribution in [1.82, 2.24) is 9.13 Å². The maximum atomic E-state index is 7.08. The van der Waals surface area contributed by atoms with Gasteiger partial charge in [0, 0.05) is 124 Å². The van der Waals surface area contributed by atoms with Crippen molar-refractivity contribution in [3.63, 3.8) is 0 Å². The third kappa shape index (κ3) is 5.78. The summed E-state index contributed by atoms with van der Waals surface area (Å²) in [5.74, 6) is 0. The molecule has 4 heterocycles. The highest BCUT2D eigenvalue weighted by atomic mass is 16.3. The number of anilines is 6. The van der Waals surface area contributed by atoms with Crippen LogP contribution in [0.4, 0.5) is 34.1 Å². The lowest BCUT2D eigenvalue weighted by Crippen LogP contribution is -2.10. The zero-order chi connectivity index (χ0) is 47.6. The van der Waals surface area contributed by atoms with Crippen LogP contribution in [0.25, 0.3) is 109 Å². The van der Waals surface area contributed by atoms with Crippen LogP contribution in [0.1, 0.15) is 13.8 Å². The summed E-state index contributed by atoms with van der Waals surface area (Å²) in [5, 5.41) is 13.7. The molecular weight excluding hydrogens is 881 g/mol. The van der Waals surface area contributed by atoms with Crippen molar-refractivity contribution in [2.75, 3.05) is 9.80 Å². The molecule has 0 amide bonds. The Bertz CT molecular complexity index is 4370. The highest BCUT2D eigenvalue weighted by molar-refractivity contribution is 6.35. The molecule has 0 N–H and O–H groups in total. The molecule has 0 spiro atoms. The number of nitrogens with zero attached hydrogens (tertiary/aromatic N) is 4. The van der Waals surface area contributed by atoms with Gasteiger partial charge in [0.1, 0.15) is 22.3 Å². The molecule has 0 bridgehead atoms. The average molecular weight is 927 g/mol. The molecule has 0 saturated heterocycles. The second-order valence-electron chi connectivity index (χ2n) is 18.9. The number of rotatable bonds is 8. The molecule has 15 rings (SSSR count). The van der Waals surface area contributed by atoms with E-state index in [1.54, 1.807) is 0 Å². The summed E-state index contributed by atoms with van der Waals surface area (Å²) in [6, 6.07) is 79.0. The van der Waals surface area contributed by atoms with Gasteiger partial charge in [-0.2, -0.15) is 0 Å². The van der Waals surface area contributed by atoms with Crippen LogP contribution in [0.5, 0.6) is 0 Å². The minimum absolute atomic E-state index is 0.821. The first-order valence-electron chi connectivity index (χ1n) is 25.0. The number of benzene rings is 11. The molecule has 11 aromatic carbocycles. The number of aryl methyl sites for hydroxylation is 2. The quantitative estimate of drug-likeness (QED) is 0.152. The fourth-order valence-corrected chi connectivity index (χ4v) is 12.2. The van der Waals surface area contributed by atoms with E-state index in [9.17, 15) is 0 Å². The largest absolute Gasteiger partial charge is 0.456 e. The van der Waals surface area contributed by atoms with Crippen LogP contribution in [-0.2, 0) is 13.1 Å². The van der Waals surface area contributed by atoms with Crippen LogP contribution in [0.15, 0.2) is 227 Å². The molecule has 0 radical (unpaired) electrons. The molecule has 72 heavy (non-hydrogen) atoms. The summed E-state index contributed by atoms with van der Waals surface area (Å²) in [5.41, 5.74) is 14.6. The summed E-state index contributed by atoms with van der Waals surface area (Å²) in [7, 11) is 0. The standard InChI is InChI=1S/C66H46N4O2/c1-3-67-53-29-17-15-25-47(53)51-37-43(31-33-55(51)67)69(41-19-7-5-8-20-41)57-39-61-63(49-27-13-11-23-45(49)57)65-59(71-61)35-36-60-66(65)64-50-28-14-12-24-46(50)58(40-62(64)72-60)70(42-21-9-6-10-22-42)44-32-34-56-52(38-44)48-26-16-18-30-54(48)68(56)4-2/h5-40H,3-4H2,1-2H3. The van der Waals surface area contributed by atoms with Crippen LogP contribution in [0.3, 0.4) is 0 Å². The Kier molecular flexibility index (Phi) is 8.81. The minimum atomic E-state index is 0.821. The zero-order valence-electron chi connectivity index (χ0n) is 39.8. The molecule has 15 aromatic rings. The SMILES string of the molecule is CCn1c2ccccc2c2cc(N(c3ccccc3)c3cc4oc5ccc6oc7cc(N(c8ccccc8)c8ccc9c(c8)c8ccccc8n9CC)c8ccccc8c7c6c5c4c4ccccc34)ccc21. The Labute approximate surface area is 414 Å². The van der Waals surface area contributed by atoms with E-state index in [0.29, 0.717) is 0 Å². The van der Waals surface area contributed by atoms with E-state index in [4.69, 9.17) is 8.83 Å². The smallest absolute Gasteiger partial charge is 0.138 e. The molecule has 0 saturated carbocycles. The third-order valence-corrected chi connectivity index (χ3v) is 15.2. The Morgan fingerprint density at radius 2 is 0.653 bits per heavy atom. The predicted octanol–water partition coefficient (Wildman–Crippen LogP) is 19.0. The molecule has 0 aliphatic rings. The Balaban J connectivity index is 0.975. The minimum Gasteiger partial charge on any atom is -0.456 e. The molecule has 0 unspecified atom stereocenters. The van der Waals surface area contributed by atoms with E-state index in [1.165, 1.54) is 43.6 Å². The number of aromatic nitrogens is 2. The van der Waals surface area contributed by atoms with E-state index < -0.39 is 0 Å². The van der Waals surface area contributed by atoms with E-state index in [-0.39, 0.29) is 0 Å². The third-order valence-electron chi connectivity index (χ3n) is 15.2. The molecular formula is C66H46N4O2. The molecule has 0 atom stereocenters. The van der Waals surface area contributed by atoms with Gasteiger partial charge in [-0.3, -0.25) is 0 Å². The van der Waals surface area contributed by atoms with Gasteiger partial charge in [0.2, 0.25) is 0 Å². The van der Waals surface area contributed by atoms with Gasteiger partial charge in [0.15, 0.2) is 0 Å². The van der Waals surface area contributed by atoms with Gasteiger partial charge in [-0.05, 0) is 110 Å². The Morgan fingerprint density at radius 3 is 1.07 bits per heavy atom. The average Bonchev–Trinajstić information content (AvgIpc) is 4.19. The van der Waals surface area contributed by atoms with Crippen LogP contribution < -0.4 is 9.80 Å². The second-order valence-corrected chi connectivity index (χ2v) is 18.9. The van der Waals surface area contributed by atoms with Gasteiger partial charge in [0.05, 0.1) is 11.4 Å². The molecule has 6 heteroatoms. The lowest BCUT2D eigenvalue weighted by atomic mass is 9.96.